The molecule has 0 aliphatic rings. The quantitative estimate of drug-likeness (QED) is 0.555. The highest BCUT2D eigenvalue weighted by atomic mass is 16.5. The molecule has 0 radical (unpaired) electrons. The number of anilines is 1. The van der Waals surface area contributed by atoms with Gasteiger partial charge in [-0.15, -0.1) is 5.10 Å². The maximum absolute atomic E-state index is 12.5. The van der Waals surface area contributed by atoms with Crippen molar-refractivity contribution >= 4 is 11.6 Å². The lowest BCUT2D eigenvalue weighted by Gasteiger charge is -2.06. The standard InChI is InChI=1S/C20H17N5O3/c1-14-4-2-7-17(10-14)27-12-18-8-9-19(28-18)20(26)22-15-5-3-6-16(11-15)25-13-21-23-24-25/h2-11,13H,12H2,1H3,(H,22,26). The molecule has 0 aliphatic heterocycles. The molecule has 2 aromatic heterocycles. The van der Waals surface area contributed by atoms with Gasteiger partial charge in [0.15, 0.2) is 5.76 Å². The molecule has 2 heterocycles. The predicted octanol–water partition coefficient (Wildman–Crippen LogP) is 3.40. The summed E-state index contributed by atoms with van der Waals surface area (Å²) in [6.07, 6.45) is 1.48. The Kier molecular flexibility index (Phi) is 4.83. The number of rotatable bonds is 6. The van der Waals surface area contributed by atoms with Crippen molar-refractivity contribution in [1.82, 2.24) is 20.2 Å². The second-order valence-corrected chi connectivity index (χ2v) is 6.13. The first-order valence-electron chi connectivity index (χ1n) is 8.60. The first kappa shape index (κ1) is 17.5. The Bertz CT molecular complexity index is 1090. The van der Waals surface area contributed by atoms with Gasteiger partial charge in [0, 0.05) is 5.69 Å². The number of ether oxygens (including phenoxy) is 1. The van der Waals surface area contributed by atoms with E-state index in [1.807, 2.05) is 37.3 Å². The van der Waals surface area contributed by atoms with E-state index in [0.29, 0.717) is 11.4 Å². The predicted molar refractivity (Wildman–Crippen MR) is 101 cm³/mol. The number of hydrogen-bond acceptors (Lipinski definition) is 6. The number of tetrazole rings is 1. The Hall–Kier alpha value is -3.94. The zero-order valence-electron chi connectivity index (χ0n) is 15.1. The molecule has 0 saturated heterocycles. The van der Waals surface area contributed by atoms with E-state index in [9.17, 15) is 4.79 Å². The maximum atomic E-state index is 12.5. The van der Waals surface area contributed by atoms with Crippen LogP contribution < -0.4 is 10.1 Å². The molecule has 0 spiro atoms. The van der Waals surface area contributed by atoms with Gasteiger partial charge in [-0.3, -0.25) is 4.79 Å². The number of nitrogens with zero attached hydrogens (tertiary/aromatic N) is 4. The molecule has 0 unspecified atom stereocenters. The minimum absolute atomic E-state index is 0.204. The van der Waals surface area contributed by atoms with Crippen molar-refractivity contribution in [1.29, 1.82) is 0 Å². The molecule has 1 amide bonds. The van der Waals surface area contributed by atoms with Gasteiger partial charge in [-0.2, -0.15) is 0 Å². The summed E-state index contributed by atoms with van der Waals surface area (Å²) in [5.74, 6) is 1.17. The summed E-state index contributed by atoms with van der Waals surface area (Å²) in [4.78, 5) is 12.5. The lowest BCUT2D eigenvalue weighted by atomic mass is 10.2. The van der Waals surface area contributed by atoms with Crippen LogP contribution in [0.25, 0.3) is 5.69 Å². The van der Waals surface area contributed by atoms with Crippen LogP contribution in [0.3, 0.4) is 0 Å². The summed E-state index contributed by atoms with van der Waals surface area (Å²) in [7, 11) is 0. The van der Waals surface area contributed by atoms with Crippen LogP contribution in [0.2, 0.25) is 0 Å². The van der Waals surface area contributed by atoms with E-state index in [1.54, 1.807) is 30.3 Å². The molecule has 1 N–H and O–H groups in total. The number of aryl methyl sites for hydroxylation is 1. The summed E-state index contributed by atoms with van der Waals surface area (Å²) in [6, 6.07) is 18.3. The van der Waals surface area contributed by atoms with Crippen molar-refractivity contribution in [3.8, 4) is 11.4 Å². The summed E-state index contributed by atoms with van der Waals surface area (Å²) < 4.78 is 12.8. The second kappa shape index (κ2) is 7.75. The molecule has 0 saturated carbocycles. The maximum Gasteiger partial charge on any atom is 0.291 e. The number of carbonyl (C=O) groups is 1. The van der Waals surface area contributed by atoms with Crippen molar-refractivity contribution in [2.75, 3.05) is 5.32 Å². The van der Waals surface area contributed by atoms with E-state index in [2.05, 4.69) is 20.8 Å². The molecule has 0 bridgehead atoms. The number of furan rings is 1. The molecule has 0 aliphatic carbocycles. The molecule has 0 fully saturated rings. The number of aromatic nitrogens is 4. The van der Waals surface area contributed by atoms with Crippen molar-refractivity contribution in [2.24, 2.45) is 0 Å². The summed E-state index contributed by atoms with van der Waals surface area (Å²) in [5.41, 5.74) is 2.45. The van der Waals surface area contributed by atoms with E-state index in [-0.39, 0.29) is 18.3 Å². The van der Waals surface area contributed by atoms with Gasteiger partial charge >= 0.3 is 0 Å². The summed E-state index contributed by atoms with van der Waals surface area (Å²) in [6.45, 7) is 2.24. The number of benzene rings is 2. The number of nitrogens with one attached hydrogen (secondary N) is 1. The highest BCUT2D eigenvalue weighted by molar-refractivity contribution is 6.02. The normalized spacial score (nSPS) is 10.6. The van der Waals surface area contributed by atoms with Gasteiger partial charge in [-0.1, -0.05) is 18.2 Å². The van der Waals surface area contributed by atoms with Gasteiger partial charge in [0.05, 0.1) is 5.69 Å². The largest absolute Gasteiger partial charge is 0.486 e. The number of hydrogen-bond donors (Lipinski definition) is 1. The Morgan fingerprint density at radius 3 is 2.86 bits per heavy atom. The van der Waals surface area contributed by atoms with Crippen molar-refractivity contribution in [3.63, 3.8) is 0 Å². The molecular formula is C20H17N5O3. The van der Waals surface area contributed by atoms with Crippen LogP contribution in [0.15, 0.2) is 71.4 Å². The van der Waals surface area contributed by atoms with E-state index in [0.717, 1.165) is 17.0 Å². The van der Waals surface area contributed by atoms with Crippen molar-refractivity contribution in [3.05, 3.63) is 84.1 Å². The third-order valence-electron chi connectivity index (χ3n) is 3.97. The Balaban J connectivity index is 1.40. The van der Waals surface area contributed by atoms with E-state index in [1.165, 1.54) is 11.0 Å². The van der Waals surface area contributed by atoms with Crippen LogP contribution in [0.4, 0.5) is 5.69 Å². The summed E-state index contributed by atoms with van der Waals surface area (Å²) in [5, 5.41) is 13.8. The average molecular weight is 375 g/mol. The molecule has 4 rings (SSSR count). The molecule has 2 aromatic carbocycles. The molecule has 0 atom stereocenters. The van der Waals surface area contributed by atoms with E-state index < -0.39 is 0 Å². The lowest BCUT2D eigenvalue weighted by molar-refractivity contribution is 0.0992. The van der Waals surface area contributed by atoms with Crippen LogP contribution in [0.5, 0.6) is 5.75 Å². The minimum atomic E-state index is -0.351. The van der Waals surface area contributed by atoms with Gasteiger partial charge in [0.1, 0.15) is 24.4 Å². The molecule has 8 nitrogen and oxygen atoms in total. The fourth-order valence-electron chi connectivity index (χ4n) is 2.64. The third kappa shape index (κ3) is 4.07. The van der Waals surface area contributed by atoms with Gasteiger partial charge in [0.25, 0.3) is 5.91 Å². The highest BCUT2D eigenvalue weighted by Gasteiger charge is 2.12. The third-order valence-corrected chi connectivity index (χ3v) is 3.97. The van der Waals surface area contributed by atoms with Crippen LogP contribution in [-0.4, -0.2) is 26.1 Å². The van der Waals surface area contributed by atoms with Gasteiger partial charge in [0.2, 0.25) is 0 Å². The first-order chi connectivity index (χ1) is 13.7. The average Bonchev–Trinajstić information content (AvgIpc) is 3.39. The molecule has 8 heteroatoms. The zero-order chi connectivity index (χ0) is 19.3. The Morgan fingerprint density at radius 2 is 2.04 bits per heavy atom. The van der Waals surface area contributed by atoms with Crippen LogP contribution in [0, 0.1) is 6.92 Å². The molecule has 140 valence electrons. The lowest BCUT2D eigenvalue weighted by Crippen LogP contribution is -2.11. The fraction of sp³-hybridized carbons (Fsp3) is 0.100. The van der Waals surface area contributed by atoms with Crippen LogP contribution >= 0.6 is 0 Å². The van der Waals surface area contributed by atoms with E-state index in [4.69, 9.17) is 9.15 Å². The first-order valence-corrected chi connectivity index (χ1v) is 8.60. The summed E-state index contributed by atoms with van der Waals surface area (Å²) >= 11 is 0. The van der Waals surface area contributed by atoms with Crippen LogP contribution in [0.1, 0.15) is 21.9 Å². The van der Waals surface area contributed by atoms with Gasteiger partial charge in [-0.25, -0.2) is 4.68 Å². The smallest absolute Gasteiger partial charge is 0.291 e. The molecular weight excluding hydrogens is 358 g/mol. The number of carbonyl (C=O) groups excluding carboxylic acids is 1. The fourth-order valence-corrected chi connectivity index (χ4v) is 2.64. The van der Waals surface area contributed by atoms with E-state index >= 15 is 0 Å². The Morgan fingerprint density at radius 1 is 1.14 bits per heavy atom. The molecule has 4 aromatic rings. The van der Waals surface area contributed by atoms with Gasteiger partial charge < -0.3 is 14.5 Å². The number of amides is 1. The van der Waals surface area contributed by atoms with Crippen molar-refractivity contribution < 1.29 is 13.9 Å². The zero-order valence-corrected chi connectivity index (χ0v) is 15.1. The monoisotopic (exact) mass is 375 g/mol. The SMILES string of the molecule is Cc1cccc(OCc2ccc(C(=O)Nc3cccc(-n4cnnn4)c3)o2)c1. The van der Waals surface area contributed by atoms with Crippen LogP contribution in [-0.2, 0) is 6.61 Å². The van der Waals surface area contributed by atoms with Gasteiger partial charge in [-0.05, 0) is 65.4 Å². The molecule has 28 heavy (non-hydrogen) atoms. The highest BCUT2D eigenvalue weighted by Crippen LogP contribution is 2.18. The second-order valence-electron chi connectivity index (χ2n) is 6.13. The van der Waals surface area contributed by atoms with Crippen molar-refractivity contribution in [2.45, 2.75) is 13.5 Å². The minimum Gasteiger partial charge on any atom is -0.486 e. The topological polar surface area (TPSA) is 95.1 Å². The Labute approximate surface area is 160 Å².